The molecule has 1 heterocycles. The number of amides is 1. The van der Waals surface area contributed by atoms with Crippen LogP contribution in [0.2, 0.25) is 0 Å². The third-order valence-corrected chi connectivity index (χ3v) is 4.43. The predicted molar refractivity (Wildman–Crippen MR) is 82.2 cm³/mol. The van der Waals surface area contributed by atoms with E-state index in [2.05, 4.69) is 10.1 Å². The zero-order chi connectivity index (χ0) is 16.3. The molecule has 0 bridgehead atoms. The summed E-state index contributed by atoms with van der Waals surface area (Å²) in [7, 11) is -3.30. The number of rotatable bonds is 4. The number of fused-ring (bicyclic) bond motifs is 1. The molecular formula is C14H18N2O5S. The van der Waals surface area contributed by atoms with Gasteiger partial charge in [-0.2, -0.15) is 0 Å². The van der Waals surface area contributed by atoms with Gasteiger partial charge in [-0.15, -0.1) is 0 Å². The van der Waals surface area contributed by atoms with Gasteiger partial charge in [0.1, 0.15) is 0 Å². The fraction of sp³-hybridized carbons (Fsp3) is 0.429. The molecule has 0 radical (unpaired) electrons. The Bertz CT molecular complexity index is 699. The first-order chi connectivity index (χ1) is 10.3. The van der Waals surface area contributed by atoms with Crippen molar-refractivity contribution in [2.75, 3.05) is 29.0 Å². The molecule has 1 aliphatic rings. The molecule has 1 aromatic rings. The van der Waals surface area contributed by atoms with Crippen molar-refractivity contribution in [3.63, 3.8) is 0 Å². The van der Waals surface area contributed by atoms with E-state index in [1.807, 2.05) is 0 Å². The van der Waals surface area contributed by atoms with Crippen LogP contribution in [0.15, 0.2) is 18.2 Å². The van der Waals surface area contributed by atoms with Gasteiger partial charge < -0.3 is 10.1 Å². The Morgan fingerprint density at radius 1 is 1.36 bits per heavy atom. The number of benzene rings is 1. The van der Waals surface area contributed by atoms with Gasteiger partial charge in [0.25, 0.3) is 5.91 Å². The smallest absolute Gasteiger partial charge is 0.303 e. The van der Waals surface area contributed by atoms with Gasteiger partial charge in [0, 0.05) is 19.2 Å². The van der Waals surface area contributed by atoms with Crippen molar-refractivity contribution >= 4 is 33.3 Å². The molecule has 0 atom stereocenters. The average molecular weight is 326 g/mol. The third kappa shape index (κ3) is 3.97. The summed E-state index contributed by atoms with van der Waals surface area (Å²) in [6, 6.07) is 5.06. The molecule has 0 unspecified atom stereocenters. The lowest BCUT2D eigenvalue weighted by Gasteiger charge is -2.29. The van der Waals surface area contributed by atoms with Crippen molar-refractivity contribution in [2.45, 2.75) is 19.8 Å². The molecule has 2 rings (SSSR count). The van der Waals surface area contributed by atoms with E-state index in [9.17, 15) is 18.0 Å². The van der Waals surface area contributed by atoms with Gasteiger partial charge >= 0.3 is 5.97 Å². The third-order valence-electron chi connectivity index (χ3n) is 3.25. The van der Waals surface area contributed by atoms with Crippen molar-refractivity contribution in [3.8, 4) is 0 Å². The first kappa shape index (κ1) is 16.3. The predicted octanol–water partition coefficient (Wildman–Crippen LogP) is 0.900. The largest absolute Gasteiger partial charge is 0.456 e. The first-order valence-corrected chi connectivity index (χ1v) is 8.66. The molecule has 120 valence electrons. The summed E-state index contributed by atoms with van der Waals surface area (Å²) in [5.41, 5.74) is 2.06. The number of aryl methyl sites for hydroxylation is 1. The average Bonchev–Trinajstić information content (AvgIpc) is 2.43. The summed E-state index contributed by atoms with van der Waals surface area (Å²) in [6.07, 6.45) is 2.65. The fourth-order valence-electron chi connectivity index (χ4n) is 2.35. The van der Waals surface area contributed by atoms with Crippen molar-refractivity contribution in [3.05, 3.63) is 23.8 Å². The number of anilines is 2. The van der Waals surface area contributed by atoms with Gasteiger partial charge in [-0.1, -0.05) is 0 Å². The van der Waals surface area contributed by atoms with Crippen LogP contribution in [0, 0.1) is 0 Å². The molecule has 1 aliphatic heterocycles. The lowest BCUT2D eigenvalue weighted by atomic mass is 10.0. The standard InChI is InChI=1S/C14H18N2O5S/c1-10(17)21-9-14(18)15-12-5-6-13-11(8-12)4-3-7-16(13)22(2,19)20/h5-6,8H,3-4,7,9H2,1-2H3,(H,15,18). The number of hydrogen-bond acceptors (Lipinski definition) is 5. The van der Waals surface area contributed by atoms with Gasteiger partial charge in [0.05, 0.1) is 11.9 Å². The monoisotopic (exact) mass is 326 g/mol. The summed E-state index contributed by atoms with van der Waals surface area (Å²) in [5, 5.41) is 2.62. The van der Waals surface area contributed by atoms with Crippen molar-refractivity contribution in [2.24, 2.45) is 0 Å². The van der Waals surface area contributed by atoms with E-state index in [1.165, 1.54) is 17.5 Å². The number of carbonyl (C=O) groups is 2. The molecule has 1 aromatic carbocycles. The fourth-order valence-corrected chi connectivity index (χ4v) is 3.35. The molecule has 7 nitrogen and oxygen atoms in total. The molecule has 22 heavy (non-hydrogen) atoms. The molecule has 0 aromatic heterocycles. The van der Waals surface area contributed by atoms with Gasteiger partial charge in [-0.05, 0) is 36.6 Å². The quantitative estimate of drug-likeness (QED) is 0.830. The molecule has 0 aliphatic carbocycles. The summed E-state index contributed by atoms with van der Waals surface area (Å²) in [5.74, 6) is -0.963. The minimum atomic E-state index is -3.30. The van der Waals surface area contributed by atoms with E-state index < -0.39 is 21.9 Å². The molecule has 0 fully saturated rings. The van der Waals surface area contributed by atoms with Crippen LogP contribution in [0.25, 0.3) is 0 Å². The topological polar surface area (TPSA) is 92.8 Å². The SMILES string of the molecule is CC(=O)OCC(=O)Nc1ccc2c(c1)CCCN2S(C)(=O)=O. The first-order valence-electron chi connectivity index (χ1n) is 6.81. The normalized spacial score (nSPS) is 14.2. The number of esters is 1. The van der Waals surface area contributed by atoms with E-state index in [-0.39, 0.29) is 6.61 Å². The van der Waals surface area contributed by atoms with Crippen LogP contribution < -0.4 is 9.62 Å². The van der Waals surface area contributed by atoms with Crippen LogP contribution >= 0.6 is 0 Å². The van der Waals surface area contributed by atoms with E-state index in [4.69, 9.17) is 0 Å². The van der Waals surface area contributed by atoms with Crippen molar-refractivity contribution in [1.82, 2.24) is 0 Å². The Kier molecular flexibility index (Phi) is 4.70. The zero-order valence-corrected chi connectivity index (χ0v) is 13.3. The summed E-state index contributed by atoms with van der Waals surface area (Å²) in [6.45, 7) is 1.35. The van der Waals surface area contributed by atoms with Gasteiger partial charge in [0.2, 0.25) is 10.0 Å². The van der Waals surface area contributed by atoms with E-state index in [1.54, 1.807) is 18.2 Å². The number of sulfonamides is 1. The molecule has 0 saturated carbocycles. The second kappa shape index (κ2) is 6.35. The van der Waals surface area contributed by atoms with Gasteiger partial charge in [0.15, 0.2) is 6.61 Å². The van der Waals surface area contributed by atoms with Crippen molar-refractivity contribution < 1.29 is 22.7 Å². The Morgan fingerprint density at radius 3 is 2.73 bits per heavy atom. The second-order valence-corrected chi connectivity index (χ2v) is 7.02. The number of hydrogen-bond donors (Lipinski definition) is 1. The summed E-state index contributed by atoms with van der Waals surface area (Å²) in [4.78, 5) is 22.3. The van der Waals surface area contributed by atoms with Crippen LogP contribution in [0.4, 0.5) is 11.4 Å². The highest BCUT2D eigenvalue weighted by Gasteiger charge is 2.24. The Labute approximate surface area is 129 Å². The van der Waals surface area contributed by atoms with Gasteiger partial charge in [-0.25, -0.2) is 8.42 Å². The highest BCUT2D eigenvalue weighted by atomic mass is 32.2. The highest BCUT2D eigenvalue weighted by Crippen LogP contribution is 2.31. The minimum Gasteiger partial charge on any atom is -0.456 e. The van der Waals surface area contributed by atoms with Crippen LogP contribution in [0.3, 0.4) is 0 Å². The molecular weight excluding hydrogens is 308 g/mol. The minimum absolute atomic E-state index is 0.345. The molecule has 0 spiro atoms. The number of nitrogens with zero attached hydrogens (tertiary/aromatic N) is 1. The van der Waals surface area contributed by atoms with Crippen molar-refractivity contribution in [1.29, 1.82) is 0 Å². The lowest BCUT2D eigenvalue weighted by molar-refractivity contribution is -0.144. The maximum Gasteiger partial charge on any atom is 0.303 e. The summed E-state index contributed by atoms with van der Waals surface area (Å²) < 4.78 is 29.5. The zero-order valence-electron chi connectivity index (χ0n) is 12.5. The van der Waals surface area contributed by atoms with E-state index in [0.717, 1.165) is 18.4 Å². The lowest BCUT2D eigenvalue weighted by Crippen LogP contribution is -2.34. The second-order valence-electron chi connectivity index (χ2n) is 5.11. The van der Waals surface area contributed by atoms with Gasteiger partial charge in [-0.3, -0.25) is 13.9 Å². The molecule has 8 heteroatoms. The van der Waals surface area contributed by atoms with E-state index >= 15 is 0 Å². The maximum absolute atomic E-state index is 11.8. The van der Waals surface area contributed by atoms with E-state index in [0.29, 0.717) is 17.9 Å². The highest BCUT2D eigenvalue weighted by molar-refractivity contribution is 7.92. The Balaban J connectivity index is 2.15. The number of nitrogens with one attached hydrogen (secondary N) is 1. The molecule has 1 N–H and O–H groups in total. The van der Waals surface area contributed by atoms with Crippen LogP contribution in [0.5, 0.6) is 0 Å². The Morgan fingerprint density at radius 2 is 2.09 bits per heavy atom. The molecule has 0 saturated heterocycles. The van der Waals surface area contributed by atoms with Crippen LogP contribution in [0.1, 0.15) is 18.9 Å². The Hall–Kier alpha value is -2.09. The number of ether oxygens (including phenoxy) is 1. The molecule has 1 amide bonds. The van der Waals surface area contributed by atoms with Crippen LogP contribution in [-0.4, -0.2) is 39.7 Å². The number of carbonyl (C=O) groups excluding carboxylic acids is 2. The van der Waals surface area contributed by atoms with Crippen LogP contribution in [-0.2, 0) is 30.8 Å². The maximum atomic E-state index is 11.8. The summed E-state index contributed by atoms with van der Waals surface area (Å²) >= 11 is 0.